The molecule has 1 aliphatic rings. The van der Waals surface area contributed by atoms with Gasteiger partial charge >= 0.3 is 5.97 Å². The number of anilines is 1. The van der Waals surface area contributed by atoms with Crippen molar-refractivity contribution in [1.29, 1.82) is 0 Å². The normalized spacial score (nSPS) is 17.9. The van der Waals surface area contributed by atoms with Gasteiger partial charge in [0.25, 0.3) is 12.9 Å². The van der Waals surface area contributed by atoms with E-state index in [9.17, 15) is 18.9 Å². The third-order valence-electron chi connectivity index (χ3n) is 7.79. The van der Waals surface area contributed by atoms with Crippen LogP contribution in [-0.4, -0.2) is 57.0 Å². The molecule has 1 aliphatic heterocycles. The van der Waals surface area contributed by atoms with Crippen LogP contribution in [0, 0.1) is 5.92 Å². The molecular weight excluding hydrogens is 637 g/mol. The molecule has 14 heteroatoms. The van der Waals surface area contributed by atoms with Crippen molar-refractivity contribution in [2.75, 3.05) is 18.7 Å². The molecule has 2 aromatic heterocycles. The summed E-state index contributed by atoms with van der Waals surface area (Å²) in [5, 5.41) is 3.62. The first-order chi connectivity index (χ1) is 23.2. The Bertz CT molecular complexity index is 1940. The number of carbonyl (C=O) groups is 2. The monoisotopic (exact) mass is 671 g/mol. The minimum atomic E-state index is -3.55. The molecule has 13 nitrogen and oxygen atoms in total. The molecule has 248 valence electrons. The number of carbonyl (C=O) groups excluding carboxylic acids is 2. The number of rotatable bonds is 12. The predicted octanol–water partition coefficient (Wildman–Crippen LogP) is 4.15. The number of amides is 1. The van der Waals surface area contributed by atoms with Crippen LogP contribution in [-0.2, 0) is 28.1 Å². The van der Waals surface area contributed by atoms with Crippen molar-refractivity contribution in [3.63, 3.8) is 0 Å². The number of aromatic amines is 1. The second-order valence-electron chi connectivity index (χ2n) is 11.4. The van der Waals surface area contributed by atoms with E-state index in [4.69, 9.17) is 18.7 Å². The maximum Gasteiger partial charge on any atom is 0.338 e. The molecule has 1 saturated heterocycles. The van der Waals surface area contributed by atoms with Gasteiger partial charge in [0.05, 0.1) is 18.0 Å². The van der Waals surface area contributed by atoms with E-state index >= 15 is 0 Å². The van der Waals surface area contributed by atoms with Gasteiger partial charge in [0.1, 0.15) is 18.9 Å². The average molecular weight is 672 g/mol. The highest BCUT2D eigenvalue weighted by molar-refractivity contribution is 7.74. The number of nitrogens with one attached hydrogen (secondary N) is 2. The summed E-state index contributed by atoms with van der Waals surface area (Å²) in [7, 11) is -3.55. The van der Waals surface area contributed by atoms with Gasteiger partial charge in [-0.3, -0.25) is 33.5 Å². The van der Waals surface area contributed by atoms with Gasteiger partial charge in [0.2, 0.25) is 11.9 Å². The first-order valence-electron chi connectivity index (χ1n) is 15.4. The van der Waals surface area contributed by atoms with Crippen LogP contribution in [0.25, 0.3) is 11.2 Å². The van der Waals surface area contributed by atoms with Crippen LogP contribution >= 0.6 is 7.37 Å². The molecule has 2 N–H and O–H groups in total. The summed E-state index contributed by atoms with van der Waals surface area (Å²) in [6, 6.07) is 26.3. The van der Waals surface area contributed by atoms with Crippen molar-refractivity contribution in [2.45, 2.75) is 38.7 Å². The summed E-state index contributed by atoms with van der Waals surface area (Å²) >= 11 is 0. The van der Waals surface area contributed by atoms with Gasteiger partial charge in [-0.05, 0) is 36.4 Å². The van der Waals surface area contributed by atoms with Gasteiger partial charge in [-0.2, -0.15) is 4.98 Å². The number of hydrogen-bond donors (Lipinski definition) is 2. The minimum absolute atomic E-state index is 0.0296. The Morgan fingerprint density at radius 1 is 1.00 bits per heavy atom. The topological polar surface area (TPSA) is 164 Å². The number of ether oxygens (including phenoxy) is 3. The summed E-state index contributed by atoms with van der Waals surface area (Å²) < 4.78 is 40.0. The van der Waals surface area contributed by atoms with E-state index in [0.717, 1.165) is 0 Å². The number of H-pyrrole nitrogens is 1. The fourth-order valence-corrected chi connectivity index (χ4v) is 7.14. The van der Waals surface area contributed by atoms with Gasteiger partial charge in [0.15, 0.2) is 18.0 Å². The molecule has 6 rings (SSSR count). The van der Waals surface area contributed by atoms with Gasteiger partial charge in [-0.15, -0.1) is 0 Å². The van der Waals surface area contributed by atoms with E-state index in [2.05, 4.69) is 20.3 Å². The van der Waals surface area contributed by atoms with E-state index in [1.165, 1.54) is 6.33 Å². The zero-order chi connectivity index (χ0) is 33.7. The Balaban J connectivity index is 1.24. The second-order valence-corrected chi connectivity index (χ2v) is 13.8. The lowest BCUT2D eigenvalue weighted by Crippen LogP contribution is -2.31. The minimum Gasteiger partial charge on any atom is -0.459 e. The maximum absolute atomic E-state index is 14.3. The predicted molar refractivity (Wildman–Crippen MR) is 177 cm³/mol. The molecule has 0 spiro atoms. The molecule has 1 amide bonds. The molecule has 0 bridgehead atoms. The van der Waals surface area contributed by atoms with Crippen LogP contribution in [0.1, 0.15) is 36.9 Å². The SMILES string of the molecule is CC(C)C(=O)Nc1nc2c(ncn2[C@H]2C[C@H](OCOP(=O)(c3ccccc3)c3ccccc3)[C@@H](COC(=O)c3ccccc3)O2)c(=O)[nH]1. The average Bonchev–Trinajstić information content (AvgIpc) is 3.72. The summed E-state index contributed by atoms with van der Waals surface area (Å²) in [6.07, 6.45) is -0.600. The molecule has 1 fully saturated rings. The summed E-state index contributed by atoms with van der Waals surface area (Å²) in [6.45, 7) is 2.91. The standard InChI is InChI=1S/C34H34N5O8P/c1-22(2)31(40)37-34-36-30-29(32(41)38-34)35-20-39(30)28-18-26(27(47-28)19-44-33(42)23-12-6-3-7-13-23)45-21-46-48(43,24-14-8-4-9-15-24)25-16-10-5-11-17-25/h3-17,20,22,26-28H,18-19,21H2,1-2H3,(H2,36,37,38,40,41)/t26-,27+,28+/m0/s1. The summed E-state index contributed by atoms with van der Waals surface area (Å²) in [5.41, 5.74) is 0.0624. The first kappa shape index (κ1) is 33.0. The second kappa shape index (κ2) is 14.4. The van der Waals surface area contributed by atoms with Crippen molar-refractivity contribution < 1.29 is 32.9 Å². The Morgan fingerprint density at radius 3 is 2.25 bits per heavy atom. The molecule has 48 heavy (non-hydrogen) atoms. The van der Waals surface area contributed by atoms with Crippen molar-refractivity contribution in [2.24, 2.45) is 5.92 Å². The van der Waals surface area contributed by atoms with Crippen molar-refractivity contribution in [3.05, 3.63) is 113 Å². The van der Waals surface area contributed by atoms with E-state index in [1.807, 2.05) is 12.1 Å². The number of fused-ring (bicyclic) bond motifs is 1. The van der Waals surface area contributed by atoms with Gasteiger partial charge in [-0.25, -0.2) is 9.78 Å². The molecule has 3 heterocycles. The fraction of sp³-hybridized carbons (Fsp3) is 0.265. The lowest BCUT2D eigenvalue weighted by Gasteiger charge is -2.22. The number of esters is 1. The van der Waals surface area contributed by atoms with E-state index in [-0.39, 0.29) is 48.8 Å². The van der Waals surface area contributed by atoms with Crippen LogP contribution < -0.4 is 21.5 Å². The molecule has 0 aliphatic carbocycles. The largest absolute Gasteiger partial charge is 0.459 e. The third kappa shape index (κ3) is 7.14. The number of benzene rings is 3. The fourth-order valence-electron chi connectivity index (χ4n) is 5.21. The molecule has 0 unspecified atom stereocenters. The highest BCUT2D eigenvalue weighted by Gasteiger charge is 2.40. The molecule has 0 saturated carbocycles. The number of aromatic nitrogens is 4. The number of hydrogen-bond acceptors (Lipinski definition) is 10. The van der Waals surface area contributed by atoms with Gasteiger partial charge in [-0.1, -0.05) is 68.4 Å². The highest BCUT2D eigenvalue weighted by Crippen LogP contribution is 2.45. The lowest BCUT2D eigenvalue weighted by atomic mass is 10.2. The third-order valence-corrected chi connectivity index (χ3v) is 10.2. The first-order valence-corrected chi connectivity index (χ1v) is 17.0. The Kier molecular flexibility index (Phi) is 9.93. The Morgan fingerprint density at radius 2 is 1.62 bits per heavy atom. The van der Waals surface area contributed by atoms with Gasteiger partial charge < -0.3 is 14.2 Å². The Labute approximate surface area is 275 Å². The molecule has 0 radical (unpaired) electrons. The number of imidazole rings is 1. The van der Waals surface area contributed by atoms with E-state index in [0.29, 0.717) is 16.2 Å². The zero-order valence-corrected chi connectivity index (χ0v) is 27.1. The lowest BCUT2D eigenvalue weighted by molar-refractivity contribution is -0.118. The quantitative estimate of drug-likeness (QED) is 0.112. The number of nitrogens with zero attached hydrogens (tertiary/aromatic N) is 3. The van der Waals surface area contributed by atoms with Crippen molar-refractivity contribution >= 4 is 47.0 Å². The Hall–Kier alpha value is -4.94. The van der Waals surface area contributed by atoms with Crippen LogP contribution in [0.5, 0.6) is 0 Å². The maximum atomic E-state index is 14.3. The van der Waals surface area contributed by atoms with E-state index < -0.39 is 37.3 Å². The molecule has 5 aromatic rings. The molecule has 3 atom stereocenters. The van der Waals surface area contributed by atoms with Crippen LogP contribution in [0.4, 0.5) is 5.95 Å². The molecule has 3 aromatic carbocycles. The van der Waals surface area contributed by atoms with Crippen molar-refractivity contribution in [1.82, 2.24) is 19.5 Å². The zero-order valence-electron chi connectivity index (χ0n) is 26.2. The summed E-state index contributed by atoms with van der Waals surface area (Å²) in [5.74, 6) is -1.23. The van der Waals surface area contributed by atoms with Crippen LogP contribution in [0.2, 0.25) is 0 Å². The smallest absolute Gasteiger partial charge is 0.338 e. The molecular formula is C34H34N5O8P. The van der Waals surface area contributed by atoms with Gasteiger partial charge in [0, 0.05) is 22.9 Å². The highest BCUT2D eigenvalue weighted by atomic mass is 31.2. The van der Waals surface area contributed by atoms with E-state index in [1.54, 1.807) is 97.3 Å². The summed E-state index contributed by atoms with van der Waals surface area (Å²) in [4.78, 5) is 49.1. The van der Waals surface area contributed by atoms with Crippen LogP contribution in [0.15, 0.2) is 102 Å². The van der Waals surface area contributed by atoms with Crippen LogP contribution in [0.3, 0.4) is 0 Å². The van der Waals surface area contributed by atoms with Crippen molar-refractivity contribution in [3.8, 4) is 0 Å².